The van der Waals surface area contributed by atoms with Crippen molar-refractivity contribution in [3.63, 3.8) is 0 Å². The third-order valence-corrected chi connectivity index (χ3v) is 3.53. The van der Waals surface area contributed by atoms with Gasteiger partial charge in [0.2, 0.25) is 5.91 Å². The molecule has 0 bridgehead atoms. The van der Waals surface area contributed by atoms with E-state index in [1.54, 1.807) is 36.4 Å². The average Bonchev–Trinajstić information content (AvgIpc) is 2.50. The van der Waals surface area contributed by atoms with E-state index in [-0.39, 0.29) is 24.2 Å². The Labute approximate surface area is 154 Å². The first kappa shape index (κ1) is 20.5. The van der Waals surface area contributed by atoms with E-state index in [2.05, 4.69) is 10.6 Å². The summed E-state index contributed by atoms with van der Waals surface area (Å²) >= 11 is 0. The maximum Gasteiger partial charge on any atom is 0.256 e. The maximum atomic E-state index is 12.3. The fourth-order valence-corrected chi connectivity index (χ4v) is 2.30. The van der Waals surface area contributed by atoms with Crippen molar-refractivity contribution in [3.8, 4) is 0 Å². The SMILES string of the molecule is Cc1ccc(N)cc1C(=O)Nc1ccc(NC(=O)CC(C)C)cc1.Cl. The highest BCUT2D eigenvalue weighted by atomic mass is 35.5. The van der Waals surface area contributed by atoms with Crippen LogP contribution in [-0.4, -0.2) is 11.8 Å². The highest BCUT2D eigenvalue weighted by Gasteiger charge is 2.10. The number of halogens is 1. The number of nitrogen functional groups attached to an aromatic ring is 1. The van der Waals surface area contributed by atoms with Gasteiger partial charge in [-0.15, -0.1) is 12.4 Å². The van der Waals surface area contributed by atoms with Crippen molar-refractivity contribution < 1.29 is 9.59 Å². The van der Waals surface area contributed by atoms with Gasteiger partial charge >= 0.3 is 0 Å². The maximum absolute atomic E-state index is 12.3. The van der Waals surface area contributed by atoms with E-state index in [9.17, 15) is 9.59 Å². The van der Waals surface area contributed by atoms with Crippen LogP contribution in [-0.2, 0) is 4.79 Å². The first-order chi connectivity index (χ1) is 11.3. The highest BCUT2D eigenvalue weighted by Crippen LogP contribution is 2.18. The molecule has 6 heteroatoms. The van der Waals surface area contributed by atoms with Crippen molar-refractivity contribution in [3.05, 3.63) is 53.6 Å². The van der Waals surface area contributed by atoms with Gasteiger partial charge in [-0.3, -0.25) is 9.59 Å². The fraction of sp³-hybridized carbons (Fsp3) is 0.263. The molecule has 5 nitrogen and oxygen atoms in total. The molecular formula is C19H24ClN3O2. The number of aryl methyl sites for hydroxylation is 1. The van der Waals surface area contributed by atoms with Crippen LogP contribution in [0.4, 0.5) is 17.1 Å². The van der Waals surface area contributed by atoms with Gasteiger partial charge in [-0.2, -0.15) is 0 Å². The molecule has 2 amide bonds. The second-order valence-electron chi connectivity index (χ2n) is 6.25. The number of amides is 2. The number of rotatable bonds is 5. The predicted molar refractivity (Wildman–Crippen MR) is 105 cm³/mol. The van der Waals surface area contributed by atoms with Gasteiger partial charge in [-0.1, -0.05) is 19.9 Å². The molecule has 2 aromatic carbocycles. The fourth-order valence-electron chi connectivity index (χ4n) is 2.30. The summed E-state index contributed by atoms with van der Waals surface area (Å²) in [6, 6.07) is 12.3. The molecule has 0 aliphatic rings. The van der Waals surface area contributed by atoms with Gasteiger partial charge in [0.15, 0.2) is 0 Å². The minimum absolute atomic E-state index is 0. The number of carbonyl (C=O) groups is 2. The number of hydrogen-bond donors (Lipinski definition) is 3. The molecule has 2 aromatic rings. The summed E-state index contributed by atoms with van der Waals surface area (Å²) in [6.07, 6.45) is 0.479. The minimum Gasteiger partial charge on any atom is -0.399 e. The van der Waals surface area contributed by atoms with E-state index < -0.39 is 0 Å². The number of nitrogens with one attached hydrogen (secondary N) is 2. The van der Waals surface area contributed by atoms with E-state index in [0.717, 1.165) is 5.56 Å². The van der Waals surface area contributed by atoms with Crippen molar-refractivity contribution in [2.75, 3.05) is 16.4 Å². The normalized spacial score (nSPS) is 10.1. The van der Waals surface area contributed by atoms with Gasteiger partial charge in [0, 0.05) is 29.0 Å². The van der Waals surface area contributed by atoms with E-state index in [4.69, 9.17) is 5.73 Å². The molecule has 0 unspecified atom stereocenters. The molecule has 0 spiro atoms. The Morgan fingerprint density at radius 3 is 2.12 bits per heavy atom. The lowest BCUT2D eigenvalue weighted by atomic mass is 10.1. The molecule has 0 aliphatic heterocycles. The van der Waals surface area contributed by atoms with Crippen LogP contribution in [0.5, 0.6) is 0 Å². The van der Waals surface area contributed by atoms with Crippen LogP contribution in [0.3, 0.4) is 0 Å². The molecule has 0 heterocycles. The molecule has 4 N–H and O–H groups in total. The average molecular weight is 362 g/mol. The molecule has 0 aromatic heterocycles. The van der Waals surface area contributed by atoms with Crippen molar-refractivity contribution >= 4 is 41.3 Å². The summed E-state index contributed by atoms with van der Waals surface area (Å²) in [5.41, 5.74) is 9.06. The number of nitrogens with two attached hydrogens (primary N) is 1. The minimum atomic E-state index is -0.212. The summed E-state index contributed by atoms with van der Waals surface area (Å²) in [5.74, 6) is 0.0821. The lowest BCUT2D eigenvalue weighted by Gasteiger charge is -2.10. The Balaban J connectivity index is 0.00000312. The van der Waals surface area contributed by atoms with Gasteiger partial charge in [0.05, 0.1) is 0 Å². The van der Waals surface area contributed by atoms with Crippen LogP contribution < -0.4 is 16.4 Å². The first-order valence-corrected chi connectivity index (χ1v) is 7.92. The summed E-state index contributed by atoms with van der Waals surface area (Å²) in [7, 11) is 0. The quantitative estimate of drug-likeness (QED) is 0.696. The molecule has 0 atom stereocenters. The molecule has 0 fully saturated rings. The van der Waals surface area contributed by atoms with Gasteiger partial charge in [-0.25, -0.2) is 0 Å². The molecule has 134 valence electrons. The van der Waals surface area contributed by atoms with Crippen LogP contribution in [0.15, 0.2) is 42.5 Å². The molecule has 2 rings (SSSR count). The third kappa shape index (κ3) is 6.12. The third-order valence-electron chi connectivity index (χ3n) is 3.53. The van der Waals surface area contributed by atoms with Crippen molar-refractivity contribution in [1.29, 1.82) is 0 Å². The zero-order chi connectivity index (χ0) is 17.7. The Kier molecular flexibility index (Phi) is 7.45. The zero-order valence-electron chi connectivity index (χ0n) is 14.6. The second kappa shape index (κ2) is 9.08. The number of benzene rings is 2. The van der Waals surface area contributed by atoms with Gasteiger partial charge in [0.25, 0.3) is 5.91 Å². The second-order valence-corrected chi connectivity index (χ2v) is 6.25. The van der Waals surface area contributed by atoms with Crippen LogP contribution in [0.2, 0.25) is 0 Å². The Morgan fingerprint density at radius 1 is 1.00 bits per heavy atom. The largest absolute Gasteiger partial charge is 0.399 e. The van der Waals surface area contributed by atoms with Gasteiger partial charge < -0.3 is 16.4 Å². The lowest BCUT2D eigenvalue weighted by Crippen LogP contribution is -2.15. The van der Waals surface area contributed by atoms with Crippen molar-refractivity contribution in [2.24, 2.45) is 5.92 Å². The molecule has 0 saturated heterocycles. The van der Waals surface area contributed by atoms with Crippen molar-refractivity contribution in [1.82, 2.24) is 0 Å². The molecule has 25 heavy (non-hydrogen) atoms. The Bertz CT molecular complexity index is 743. The monoisotopic (exact) mass is 361 g/mol. The molecule has 0 aliphatic carbocycles. The van der Waals surface area contributed by atoms with Crippen LogP contribution in [0, 0.1) is 12.8 Å². The smallest absolute Gasteiger partial charge is 0.256 e. The summed E-state index contributed by atoms with van der Waals surface area (Å²) < 4.78 is 0. The van der Waals surface area contributed by atoms with E-state index in [0.29, 0.717) is 35.0 Å². The van der Waals surface area contributed by atoms with Gasteiger partial charge in [-0.05, 0) is 54.8 Å². The molecule has 0 radical (unpaired) electrons. The lowest BCUT2D eigenvalue weighted by molar-refractivity contribution is -0.116. The molecular weight excluding hydrogens is 338 g/mol. The highest BCUT2D eigenvalue weighted by molar-refractivity contribution is 6.06. The number of carbonyl (C=O) groups excluding carboxylic acids is 2. The Morgan fingerprint density at radius 2 is 1.56 bits per heavy atom. The van der Waals surface area contributed by atoms with E-state index >= 15 is 0 Å². The van der Waals surface area contributed by atoms with E-state index in [1.807, 2.05) is 26.8 Å². The standard InChI is InChI=1S/C19H23N3O2.ClH/c1-12(2)10-18(23)21-15-6-8-16(9-7-15)22-19(24)17-11-14(20)5-4-13(17)3;/h4-9,11-12H,10,20H2,1-3H3,(H,21,23)(H,22,24);1H. The topological polar surface area (TPSA) is 84.2 Å². The van der Waals surface area contributed by atoms with Crippen LogP contribution in [0.1, 0.15) is 36.2 Å². The number of anilines is 3. The first-order valence-electron chi connectivity index (χ1n) is 7.92. The predicted octanol–water partition coefficient (Wildman–Crippen LogP) is 4.24. The summed E-state index contributed by atoms with van der Waals surface area (Å²) in [4.78, 5) is 24.1. The zero-order valence-corrected chi connectivity index (χ0v) is 15.4. The summed E-state index contributed by atoms with van der Waals surface area (Å²) in [5, 5.41) is 5.67. The molecule has 0 saturated carbocycles. The summed E-state index contributed by atoms with van der Waals surface area (Å²) in [6.45, 7) is 5.86. The van der Waals surface area contributed by atoms with Crippen LogP contribution >= 0.6 is 12.4 Å². The number of hydrogen-bond acceptors (Lipinski definition) is 3. The van der Waals surface area contributed by atoms with Crippen molar-refractivity contribution in [2.45, 2.75) is 27.2 Å². The van der Waals surface area contributed by atoms with Crippen LogP contribution in [0.25, 0.3) is 0 Å². The van der Waals surface area contributed by atoms with Gasteiger partial charge in [0.1, 0.15) is 0 Å². The Hall–Kier alpha value is -2.53. The van der Waals surface area contributed by atoms with E-state index in [1.165, 1.54) is 0 Å².